The molecule has 32 heavy (non-hydrogen) atoms. The Hall–Kier alpha value is -1.91. The molecule has 1 N–H and O–H groups in total. The average molecular weight is 480 g/mol. The third-order valence-electron chi connectivity index (χ3n) is 5.71. The maximum Gasteiger partial charge on any atom is 0.243 e. The topological polar surface area (TPSA) is 97.2 Å². The van der Waals surface area contributed by atoms with Gasteiger partial charge >= 0.3 is 0 Å². The number of benzene rings is 1. The molecule has 1 aliphatic rings. The van der Waals surface area contributed by atoms with E-state index < -0.39 is 10.0 Å². The maximum absolute atomic E-state index is 13.0. The van der Waals surface area contributed by atoms with Crippen LogP contribution in [-0.4, -0.2) is 57.8 Å². The highest BCUT2D eigenvalue weighted by Crippen LogP contribution is 2.32. The van der Waals surface area contributed by atoms with Crippen LogP contribution in [0.25, 0.3) is 11.4 Å². The molecule has 2 atom stereocenters. The van der Waals surface area contributed by atoms with E-state index in [1.54, 1.807) is 18.2 Å². The van der Waals surface area contributed by atoms with Crippen molar-refractivity contribution in [2.45, 2.75) is 81.3 Å². The van der Waals surface area contributed by atoms with E-state index in [0.717, 1.165) is 19.3 Å². The Bertz CT molecular complexity index is 1050. The van der Waals surface area contributed by atoms with Crippen LogP contribution in [0.5, 0.6) is 0 Å². The summed E-state index contributed by atoms with van der Waals surface area (Å²) in [5, 5.41) is 12.2. The van der Waals surface area contributed by atoms with Crippen LogP contribution in [0.1, 0.15) is 59.9 Å². The zero-order chi connectivity index (χ0) is 23.5. The molecule has 1 aliphatic carbocycles. The van der Waals surface area contributed by atoms with E-state index in [-0.39, 0.29) is 22.1 Å². The van der Waals surface area contributed by atoms with Crippen LogP contribution in [0.4, 0.5) is 0 Å². The molecule has 3 rings (SSSR count). The van der Waals surface area contributed by atoms with Gasteiger partial charge < -0.3 is 5.32 Å². The minimum absolute atomic E-state index is 0.00469. The summed E-state index contributed by atoms with van der Waals surface area (Å²) in [6.45, 7) is 10.5. The number of carbonyl (C=O) groups excluding carboxylic acids is 1. The van der Waals surface area contributed by atoms with Crippen molar-refractivity contribution in [1.29, 1.82) is 0 Å². The van der Waals surface area contributed by atoms with Gasteiger partial charge in [-0.05, 0) is 45.2 Å². The van der Waals surface area contributed by atoms with Gasteiger partial charge in [0.2, 0.25) is 15.9 Å². The predicted molar refractivity (Wildman–Crippen MR) is 127 cm³/mol. The second-order valence-electron chi connectivity index (χ2n) is 8.09. The summed E-state index contributed by atoms with van der Waals surface area (Å²) in [6.07, 6.45) is 2.94. The molecule has 0 unspecified atom stereocenters. The maximum atomic E-state index is 13.0. The number of thioether (sulfide) groups is 1. The summed E-state index contributed by atoms with van der Waals surface area (Å²) in [5.41, 5.74) is 0.688. The molecule has 176 valence electrons. The molecule has 0 spiro atoms. The molecule has 0 bridgehead atoms. The number of sulfonamides is 1. The minimum atomic E-state index is -3.58. The molecule has 8 nitrogen and oxygen atoms in total. The number of carbonyl (C=O) groups is 1. The van der Waals surface area contributed by atoms with E-state index in [1.165, 1.54) is 16.1 Å². The number of rotatable bonds is 11. The molecular formula is C22H33N5O3S2. The molecule has 1 saturated carbocycles. The Morgan fingerprint density at radius 1 is 1.22 bits per heavy atom. The van der Waals surface area contributed by atoms with Crippen molar-refractivity contribution in [3.8, 4) is 11.4 Å². The standard InChI is InChI=1S/C22H33N5O3S2/c1-6-15(4)27-20(24-25-22(27)31-16(5)21(28)23-18-12-13-18)17-10-9-11-19(14-17)32(29,30)26(7-2)8-3/h9-11,14-16,18H,6-8,12-13H2,1-5H3,(H,23,28)/t15-,16+/m1/s1. The molecule has 1 aromatic carbocycles. The predicted octanol–water partition coefficient (Wildman–Crippen LogP) is 3.71. The summed E-state index contributed by atoms with van der Waals surface area (Å²) >= 11 is 1.38. The van der Waals surface area contributed by atoms with Gasteiger partial charge in [0.25, 0.3) is 0 Å². The highest BCUT2D eigenvalue weighted by molar-refractivity contribution is 8.00. The first-order valence-electron chi connectivity index (χ1n) is 11.2. The Kier molecular flexibility index (Phi) is 8.00. The van der Waals surface area contributed by atoms with Gasteiger partial charge in [-0.15, -0.1) is 10.2 Å². The first kappa shape index (κ1) is 24.7. The van der Waals surface area contributed by atoms with Crippen LogP contribution in [0.2, 0.25) is 0 Å². The van der Waals surface area contributed by atoms with Crippen molar-refractivity contribution in [1.82, 2.24) is 24.4 Å². The lowest BCUT2D eigenvalue weighted by atomic mass is 10.2. The lowest BCUT2D eigenvalue weighted by Crippen LogP contribution is -2.32. The van der Waals surface area contributed by atoms with E-state index in [9.17, 15) is 13.2 Å². The molecule has 1 heterocycles. The molecule has 1 fully saturated rings. The number of aromatic nitrogens is 3. The minimum Gasteiger partial charge on any atom is -0.352 e. The summed E-state index contributed by atoms with van der Waals surface area (Å²) < 4.78 is 29.5. The number of amides is 1. The van der Waals surface area contributed by atoms with Gasteiger partial charge in [0.05, 0.1) is 10.1 Å². The highest BCUT2D eigenvalue weighted by atomic mass is 32.2. The van der Waals surface area contributed by atoms with Gasteiger partial charge in [0, 0.05) is 30.7 Å². The lowest BCUT2D eigenvalue weighted by molar-refractivity contribution is -0.120. The molecule has 0 saturated heterocycles. The molecular weight excluding hydrogens is 446 g/mol. The first-order valence-corrected chi connectivity index (χ1v) is 13.6. The second kappa shape index (κ2) is 10.4. The fourth-order valence-electron chi connectivity index (χ4n) is 3.40. The molecule has 0 aliphatic heterocycles. The summed E-state index contributed by atoms with van der Waals surface area (Å²) in [5.74, 6) is 0.610. The van der Waals surface area contributed by atoms with Crippen LogP contribution in [-0.2, 0) is 14.8 Å². The van der Waals surface area contributed by atoms with Crippen molar-refractivity contribution in [2.75, 3.05) is 13.1 Å². The zero-order valence-corrected chi connectivity index (χ0v) is 21.0. The van der Waals surface area contributed by atoms with E-state index in [0.29, 0.717) is 35.7 Å². The third kappa shape index (κ3) is 5.35. The second-order valence-corrected chi connectivity index (χ2v) is 11.3. The van der Waals surface area contributed by atoms with E-state index in [1.807, 2.05) is 31.4 Å². The van der Waals surface area contributed by atoms with Gasteiger partial charge in [-0.25, -0.2) is 8.42 Å². The molecule has 2 aromatic rings. The van der Waals surface area contributed by atoms with Crippen LogP contribution >= 0.6 is 11.8 Å². The fourth-order valence-corrected chi connectivity index (χ4v) is 5.86. The Morgan fingerprint density at radius 2 is 1.91 bits per heavy atom. The molecule has 1 amide bonds. The van der Waals surface area contributed by atoms with Crippen molar-refractivity contribution in [3.63, 3.8) is 0 Å². The van der Waals surface area contributed by atoms with E-state index in [2.05, 4.69) is 29.4 Å². The first-order chi connectivity index (χ1) is 15.2. The number of hydrogen-bond donors (Lipinski definition) is 1. The van der Waals surface area contributed by atoms with E-state index in [4.69, 9.17) is 0 Å². The average Bonchev–Trinajstić information content (AvgIpc) is 3.50. The van der Waals surface area contributed by atoms with Crippen molar-refractivity contribution in [3.05, 3.63) is 24.3 Å². The van der Waals surface area contributed by atoms with Crippen LogP contribution < -0.4 is 5.32 Å². The number of hydrogen-bond acceptors (Lipinski definition) is 6. The molecule has 1 aromatic heterocycles. The normalized spacial score (nSPS) is 16.2. The lowest BCUT2D eigenvalue weighted by Gasteiger charge is -2.20. The highest BCUT2D eigenvalue weighted by Gasteiger charge is 2.28. The van der Waals surface area contributed by atoms with Crippen LogP contribution in [0.15, 0.2) is 34.3 Å². The van der Waals surface area contributed by atoms with Gasteiger partial charge in [0.1, 0.15) is 0 Å². The number of nitrogens with one attached hydrogen (secondary N) is 1. The van der Waals surface area contributed by atoms with Crippen molar-refractivity contribution >= 4 is 27.7 Å². The monoisotopic (exact) mass is 479 g/mol. The molecule has 0 radical (unpaired) electrons. The zero-order valence-electron chi connectivity index (χ0n) is 19.4. The van der Waals surface area contributed by atoms with Crippen LogP contribution in [0, 0.1) is 0 Å². The Morgan fingerprint density at radius 3 is 2.50 bits per heavy atom. The smallest absolute Gasteiger partial charge is 0.243 e. The van der Waals surface area contributed by atoms with Crippen molar-refractivity contribution < 1.29 is 13.2 Å². The quantitative estimate of drug-likeness (QED) is 0.494. The third-order valence-corrected chi connectivity index (χ3v) is 8.81. The SMILES string of the molecule is CC[C@@H](C)n1c(S[C@@H](C)C(=O)NC2CC2)nnc1-c1cccc(S(=O)(=O)N(CC)CC)c1. The van der Waals surface area contributed by atoms with Crippen LogP contribution in [0.3, 0.4) is 0 Å². The summed E-state index contributed by atoms with van der Waals surface area (Å²) in [6, 6.07) is 7.25. The fraction of sp³-hybridized carbons (Fsp3) is 0.591. The largest absolute Gasteiger partial charge is 0.352 e. The van der Waals surface area contributed by atoms with Gasteiger partial charge in [-0.2, -0.15) is 4.31 Å². The van der Waals surface area contributed by atoms with Gasteiger partial charge in [-0.3, -0.25) is 9.36 Å². The van der Waals surface area contributed by atoms with Gasteiger partial charge in [0.15, 0.2) is 11.0 Å². The van der Waals surface area contributed by atoms with Gasteiger partial charge in [-0.1, -0.05) is 44.7 Å². The van der Waals surface area contributed by atoms with Crippen molar-refractivity contribution in [2.24, 2.45) is 0 Å². The molecule has 10 heteroatoms. The summed E-state index contributed by atoms with van der Waals surface area (Å²) in [7, 11) is -3.58. The van der Waals surface area contributed by atoms with E-state index >= 15 is 0 Å². The Balaban J connectivity index is 1.95. The summed E-state index contributed by atoms with van der Waals surface area (Å²) in [4.78, 5) is 12.7. The number of nitrogens with zero attached hydrogens (tertiary/aromatic N) is 4. The Labute approximate surface area is 195 Å².